The van der Waals surface area contributed by atoms with Crippen LogP contribution in [0.4, 0.5) is 10.6 Å². The zero-order chi connectivity index (χ0) is 13.2. The Bertz CT molecular complexity index is 332. The molecule has 4 nitrogen and oxygen atoms in total. The molecule has 0 saturated carbocycles. The number of hydrogen-bond acceptors (Lipinski definition) is 2. The number of nitrogens with zero attached hydrogens (tertiary/aromatic N) is 2. The standard InChI is InChI=1S/C14H23N3O/c1-3-5-11-17(12-6-4-2)14(18)16-13-9-7-8-10-15-13/h7-10H,3-6,11-12H2,1-2H3,(H,15,16,18). The molecule has 1 rings (SSSR count). The Labute approximate surface area is 109 Å². The minimum Gasteiger partial charge on any atom is -0.325 e. The molecule has 2 amide bonds. The third kappa shape index (κ3) is 5.17. The lowest BCUT2D eigenvalue weighted by molar-refractivity contribution is 0.209. The molecule has 0 aromatic carbocycles. The number of anilines is 1. The van der Waals surface area contributed by atoms with Crippen molar-refractivity contribution in [2.24, 2.45) is 0 Å². The molecule has 18 heavy (non-hydrogen) atoms. The molecule has 0 unspecified atom stereocenters. The van der Waals surface area contributed by atoms with E-state index in [0.29, 0.717) is 5.82 Å². The molecule has 0 spiro atoms. The number of unbranched alkanes of at least 4 members (excludes halogenated alkanes) is 2. The molecule has 1 aromatic rings. The van der Waals surface area contributed by atoms with Crippen LogP contribution in [0.2, 0.25) is 0 Å². The highest BCUT2D eigenvalue weighted by molar-refractivity contribution is 5.88. The summed E-state index contributed by atoms with van der Waals surface area (Å²) in [4.78, 5) is 18.1. The molecule has 0 atom stereocenters. The summed E-state index contributed by atoms with van der Waals surface area (Å²) in [6.45, 7) is 5.90. The highest BCUT2D eigenvalue weighted by atomic mass is 16.2. The summed E-state index contributed by atoms with van der Waals surface area (Å²) in [5.41, 5.74) is 0. The average Bonchev–Trinajstić information content (AvgIpc) is 2.40. The smallest absolute Gasteiger partial charge is 0.323 e. The molecular formula is C14H23N3O. The normalized spacial score (nSPS) is 10.1. The van der Waals surface area contributed by atoms with Gasteiger partial charge in [0.05, 0.1) is 0 Å². The minimum atomic E-state index is -0.0457. The van der Waals surface area contributed by atoms with Crippen molar-refractivity contribution in [1.29, 1.82) is 0 Å². The Balaban J connectivity index is 2.52. The number of urea groups is 1. The fraction of sp³-hybridized carbons (Fsp3) is 0.571. The SMILES string of the molecule is CCCCN(CCCC)C(=O)Nc1ccccn1. The monoisotopic (exact) mass is 249 g/mol. The van der Waals surface area contributed by atoms with Gasteiger partial charge in [-0.1, -0.05) is 32.8 Å². The number of carbonyl (C=O) groups excluding carboxylic acids is 1. The van der Waals surface area contributed by atoms with Gasteiger partial charge in [-0.05, 0) is 25.0 Å². The second-order valence-electron chi connectivity index (χ2n) is 4.34. The topological polar surface area (TPSA) is 45.2 Å². The van der Waals surface area contributed by atoms with E-state index in [-0.39, 0.29) is 6.03 Å². The summed E-state index contributed by atoms with van der Waals surface area (Å²) in [6.07, 6.45) is 5.95. The first-order chi connectivity index (χ1) is 8.77. The average molecular weight is 249 g/mol. The maximum atomic E-state index is 12.1. The van der Waals surface area contributed by atoms with Crippen molar-refractivity contribution in [3.8, 4) is 0 Å². The maximum Gasteiger partial charge on any atom is 0.323 e. The molecule has 1 N–H and O–H groups in total. The number of carbonyl (C=O) groups is 1. The summed E-state index contributed by atoms with van der Waals surface area (Å²) < 4.78 is 0. The van der Waals surface area contributed by atoms with Crippen LogP contribution in [0.25, 0.3) is 0 Å². The first kappa shape index (κ1) is 14.5. The van der Waals surface area contributed by atoms with Gasteiger partial charge in [0, 0.05) is 19.3 Å². The van der Waals surface area contributed by atoms with E-state index in [9.17, 15) is 4.79 Å². The Kier molecular flexibility index (Phi) is 6.84. The van der Waals surface area contributed by atoms with Gasteiger partial charge in [0.1, 0.15) is 5.82 Å². The highest BCUT2D eigenvalue weighted by Gasteiger charge is 2.12. The summed E-state index contributed by atoms with van der Waals surface area (Å²) in [5.74, 6) is 0.612. The van der Waals surface area contributed by atoms with Crippen molar-refractivity contribution in [2.45, 2.75) is 39.5 Å². The van der Waals surface area contributed by atoms with E-state index in [4.69, 9.17) is 0 Å². The van der Waals surface area contributed by atoms with Crippen LogP contribution in [0.3, 0.4) is 0 Å². The predicted molar refractivity (Wildman–Crippen MR) is 74.6 cm³/mol. The minimum absolute atomic E-state index is 0.0457. The zero-order valence-electron chi connectivity index (χ0n) is 11.4. The van der Waals surface area contributed by atoms with Gasteiger partial charge in [-0.25, -0.2) is 9.78 Å². The van der Waals surface area contributed by atoms with Crippen LogP contribution in [-0.2, 0) is 0 Å². The molecule has 1 aromatic heterocycles. The Morgan fingerprint density at radius 1 is 1.22 bits per heavy atom. The molecule has 0 radical (unpaired) electrons. The maximum absolute atomic E-state index is 12.1. The summed E-state index contributed by atoms with van der Waals surface area (Å²) in [6, 6.07) is 5.46. The van der Waals surface area contributed by atoms with Crippen LogP contribution in [-0.4, -0.2) is 29.0 Å². The molecule has 0 aliphatic heterocycles. The lowest BCUT2D eigenvalue weighted by Gasteiger charge is -2.22. The van der Waals surface area contributed by atoms with Gasteiger partial charge in [-0.2, -0.15) is 0 Å². The van der Waals surface area contributed by atoms with E-state index in [1.54, 1.807) is 12.3 Å². The first-order valence-corrected chi connectivity index (χ1v) is 6.74. The molecule has 100 valence electrons. The van der Waals surface area contributed by atoms with E-state index >= 15 is 0 Å². The lowest BCUT2D eigenvalue weighted by atomic mass is 10.3. The lowest BCUT2D eigenvalue weighted by Crippen LogP contribution is -2.36. The van der Waals surface area contributed by atoms with Gasteiger partial charge < -0.3 is 4.90 Å². The molecule has 4 heteroatoms. The molecule has 0 bridgehead atoms. The number of aromatic nitrogens is 1. The van der Waals surface area contributed by atoms with Gasteiger partial charge in [0.15, 0.2) is 0 Å². The molecule has 0 saturated heterocycles. The van der Waals surface area contributed by atoms with Gasteiger partial charge in [-0.3, -0.25) is 5.32 Å². The van der Waals surface area contributed by atoms with Crippen LogP contribution in [0, 0.1) is 0 Å². The Hall–Kier alpha value is -1.58. The summed E-state index contributed by atoms with van der Waals surface area (Å²) in [7, 11) is 0. The van der Waals surface area contributed by atoms with E-state index in [1.165, 1.54) is 0 Å². The highest BCUT2D eigenvalue weighted by Crippen LogP contribution is 2.05. The number of pyridine rings is 1. The van der Waals surface area contributed by atoms with Crippen molar-refractivity contribution >= 4 is 11.8 Å². The Morgan fingerprint density at radius 2 is 1.89 bits per heavy atom. The number of hydrogen-bond donors (Lipinski definition) is 1. The van der Waals surface area contributed by atoms with E-state index in [0.717, 1.165) is 38.8 Å². The molecule has 0 aliphatic rings. The molecule has 0 aliphatic carbocycles. The van der Waals surface area contributed by atoms with Crippen molar-refractivity contribution in [1.82, 2.24) is 9.88 Å². The van der Waals surface area contributed by atoms with Crippen molar-refractivity contribution in [3.05, 3.63) is 24.4 Å². The van der Waals surface area contributed by atoms with E-state index < -0.39 is 0 Å². The fourth-order valence-electron chi connectivity index (χ4n) is 1.64. The van der Waals surface area contributed by atoms with Gasteiger partial charge in [-0.15, -0.1) is 0 Å². The third-order valence-corrected chi connectivity index (χ3v) is 2.75. The molecular weight excluding hydrogens is 226 g/mol. The Morgan fingerprint density at radius 3 is 2.39 bits per heavy atom. The number of rotatable bonds is 7. The van der Waals surface area contributed by atoms with Crippen molar-refractivity contribution < 1.29 is 4.79 Å². The van der Waals surface area contributed by atoms with Crippen molar-refractivity contribution in [3.63, 3.8) is 0 Å². The zero-order valence-corrected chi connectivity index (χ0v) is 11.4. The third-order valence-electron chi connectivity index (χ3n) is 2.75. The largest absolute Gasteiger partial charge is 0.325 e. The molecule has 1 heterocycles. The fourth-order valence-corrected chi connectivity index (χ4v) is 1.64. The van der Waals surface area contributed by atoms with Gasteiger partial charge in [0.2, 0.25) is 0 Å². The second-order valence-corrected chi connectivity index (χ2v) is 4.34. The summed E-state index contributed by atoms with van der Waals surface area (Å²) in [5, 5.41) is 2.84. The van der Waals surface area contributed by atoms with Gasteiger partial charge >= 0.3 is 6.03 Å². The number of amides is 2. The van der Waals surface area contributed by atoms with Crippen LogP contribution in [0.5, 0.6) is 0 Å². The van der Waals surface area contributed by atoms with E-state index in [1.807, 2.05) is 17.0 Å². The van der Waals surface area contributed by atoms with Crippen LogP contribution >= 0.6 is 0 Å². The van der Waals surface area contributed by atoms with E-state index in [2.05, 4.69) is 24.1 Å². The number of nitrogens with one attached hydrogen (secondary N) is 1. The predicted octanol–water partition coefficient (Wildman–Crippen LogP) is 3.52. The van der Waals surface area contributed by atoms with Crippen LogP contribution < -0.4 is 5.32 Å². The van der Waals surface area contributed by atoms with Crippen LogP contribution in [0.1, 0.15) is 39.5 Å². The first-order valence-electron chi connectivity index (χ1n) is 6.74. The quantitative estimate of drug-likeness (QED) is 0.803. The van der Waals surface area contributed by atoms with Crippen molar-refractivity contribution in [2.75, 3.05) is 18.4 Å². The summed E-state index contributed by atoms with van der Waals surface area (Å²) >= 11 is 0. The van der Waals surface area contributed by atoms with Crippen LogP contribution in [0.15, 0.2) is 24.4 Å². The molecule has 0 fully saturated rings. The van der Waals surface area contributed by atoms with Gasteiger partial charge in [0.25, 0.3) is 0 Å². The second kappa shape index (κ2) is 8.50.